The van der Waals surface area contributed by atoms with E-state index < -0.39 is 7.12 Å². The van der Waals surface area contributed by atoms with Gasteiger partial charge < -0.3 is 14.5 Å². The summed E-state index contributed by atoms with van der Waals surface area (Å²) in [4.78, 5) is 0. The maximum absolute atomic E-state index is 9.52. The third-order valence-electron chi connectivity index (χ3n) is 5.50. The first-order valence-corrected chi connectivity index (χ1v) is 10.2. The van der Waals surface area contributed by atoms with Crippen LogP contribution in [0.25, 0.3) is 53.2 Å². The highest BCUT2D eigenvalue weighted by atomic mass is 32.1. The molecule has 0 bridgehead atoms. The predicted molar refractivity (Wildman–Crippen MR) is 122 cm³/mol. The van der Waals surface area contributed by atoms with Gasteiger partial charge in [0.2, 0.25) is 0 Å². The summed E-state index contributed by atoms with van der Waals surface area (Å²) in [6.07, 6.45) is 0. The molecule has 0 fully saturated rings. The van der Waals surface area contributed by atoms with Gasteiger partial charge in [-0.05, 0) is 53.0 Å². The topological polar surface area (TPSA) is 53.6 Å². The average Bonchev–Trinajstić information content (AvgIpc) is 3.30. The van der Waals surface area contributed by atoms with Gasteiger partial charge in [0.25, 0.3) is 0 Å². The Morgan fingerprint density at radius 2 is 1.28 bits per heavy atom. The van der Waals surface area contributed by atoms with E-state index in [1.165, 1.54) is 20.2 Å². The van der Waals surface area contributed by atoms with Gasteiger partial charge in [-0.3, -0.25) is 0 Å². The Morgan fingerprint density at radius 1 is 0.621 bits per heavy atom. The van der Waals surface area contributed by atoms with Gasteiger partial charge in [0.15, 0.2) is 0 Å². The summed E-state index contributed by atoms with van der Waals surface area (Å²) in [5, 5.41) is 23.4. The van der Waals surface area contributed by atoms with Crippen LogP contribution in [0, 0.1) is 0 Å². The summed E-state index contributed by atoms with van der Waals surface area (Å²) >= 11 is 1.81. The van der Waals surface area contributed by atoms with Crippen molar-refractivity contribution in [3.05, 3.63) is 78.9 Å². The van der Waals surface area contributed by atoms with E-state index in [0.29, 0.717) is 5.46 Å². The Labute approximate surface area is 170 Å². The molecule has 0 saturated heterocycles. The Morgan fingerprint density at radius 3 is 2.10 bits per heavy atom. The number of thiophene rings is 1. The maximum atomic E-state index is 9.52. The van der Waals surface area contributed by atoms with Crippen molar-refractivity contribution >= 4 is 66.0 Å². The number of hydrogen-bond donors (Lipinski definition) is 2. The Bertz CT molecular complexity index is 1540. The maximum Gasteiger partial charge on any atom is 0.488 e. The molecule has 0 spiro atoms. The minimum absolute atomic E-state index is 0.455. The monoisotopic (exact) mass is 394 g/mol. The van der Waals surface area contributed by atoms with Crippen LogP contribution in [-0.2, 0) is 0 Å². The lowest BCUT2D eigenvalue weighted by molar-refractivity contribution is 0.426. The molecular formula is C24H15BO3S. The highest BCUT2D eigenvalue weighted by molar-refractivity contribution is 7.25. The van der Waals surface area contributed by atoms with Crippen LogP contribution in [0.3, 0.4) is 0 Å². The molecule has 0 saturated carbocycles. The van der Waals surface area contributed by atoms with Crippen molar-refractivity contribution in [1.82, 2.24) is 0 Å². The van der Waals surface area contributed by atoms with Crippen LogP contribution in [-0.4, -0.2) is 17.2 Å². The zero-order valence-electron chi connectivity index (χ0n) is 15.3. The van der Waals surface area contributed by atoms with Gasteiger partial charge >= 0.3 is 7.12 Å². The van der Waals surface area contributed by atoms with E-state index >= 15 is 0 Å². The SMILES string of the molecule is OB(O)c1ccc2oc3ccc(-c4ccc5sc6ccccc6c5c4)cc3c2c1. The van der Waals surface area contributed by atoms with Crippen LogP contribution >= 0.6 is 11.3 Å². The molecule has 0 unspecified atom stereocenters. The van der Waals surface area contributed by atoms with Crippen molar-refractivity contribution in [2.75, 3.05) is 0 Å². The minimum atomic E-state index is -1.50. The zero-order valence-corrected chi connectivity index (χ0v) is 16.1. The van der Waals surface area contributed by atoms with E-state index in [2.05, 4.69) is 54.6 Å². The molecule has 0 aliphatic rings. The summed E-state index contributed by atoms with van der Waals surface area (Å²) in [5.41, 5.74) is 4.23. The minimum Gasteiger partial charge on any atom is -0.456 e. The van der Waals surface area contributed by atoms with Crippen LogP contribution in [0.15, 0.2) is 83.3 Å². The Kier molecular flexibility index (Phi) is 3.59. The highest BCUT2D eigenvalue weighted by Gasteiger charge is 2.15. The third-order valence-corrected chi connectivity index (χ3v) is 6.65. The lowest BCUT2D eigenvalue weighted by Crippen LogP contribution is -2.29. The summed E-state index contributed by atoms with van der Waals surface area (Å²) in [6.45, 7) is 0. The van der Waals surface area contributed by atoms with Crippen molar-refractivity contribution in [2.24, 2.45) is 0 Å². The fraction of sp³-hybridized carbons (Fsp3) is 0. The fourth-order valence-electron chi connectivity index (χ4n) is 4.04. The largest absolute Gasteiger partial charge is 0.488 e. The van der Waals surface area contributed by atoms with Gasteiger partial charge in [0.1, 0.15) is 11.2 Å². The molecule has 5 heteroatoms. The molecule has 2 N–H and O–H groups in total. The van der Waals surface area contributed by atoms with Crippen molar-refractivity contribution in [3.8, 4) is 11.1 Å². The molecule has 0 atom stereocenters. The molecule has 0 aliphatic heterocycles. The Hall–Kier alpha value is -3.12. The van der Waals surface area contributed by atoms with Crippen LogP contribution in [0.1, 0.15) is 0 Å². The lowest BCUT2D eigenvalue weighted by atomic mass is 9.80. The molecule has 29 heavy (non-hydrogen) atoms. The summed E-state index contributed by atoms with van der Waals surface area (Å²) in [6, 6.07) is 26.5. The van der Waals surface area contributed by atoms with E-state index in [4.69, 9.17) is 4.42 Å². The van der Waals surface area contributed by atoms with E-state index in [1.54, 1.807) is 18.2 Å². The summed E-state index contributed by atoms with van der Waals surface area (Å²) in [5.74, 6) is 0. The van der Waals surface area contributed by atoms with Gasteiger partial charge in [0, 0.05) is 30.9 Å². The summed E-state index contributed by atoms with van der Waals surface area (Å²) in [7, 11) is -1.50. The number of benzene rings is 4. The molecule has 3 nitrogen and oxygen atoms in total. The van der Waals surface area contributed by atoms with E-state index in [1.807, 2.05) is 17.4 Å². The third kappa shape index (κ3) is 2.59. The zero-order chi connectivity index (χ0) is 19.5. The molecule has 4 aromatic carbocycles. The molecule has 0 aliphatic carbocycles. The first-order valence-electron chi connectivity index (χ1n) is 9.41. The molecule has 138 valence electrons. The van der Waals surface area contributed by atoms with Crippen molar-refractivity contribution in [3.63, 3.8) is 0 Å². The van der Waals surface area contributed by atoms with Gasteiger partial charge in [-0.25, -0.2) is 0 Å². The molecule has 2 heterocycles. The molecular weight excluding hydrogens is 379 g/mol. The number of furan rings is 1. The van der Waals surface area contributed by atoms with Crippen molar-refractivity contribution in [1.29, 1.82) is 0 Å². The molecule has 2 aromatic heterocycles. The molecule has 0 radical (unpaired) electrons. The average molecular weight is 394 g/mol. The van der Waals surface area contributed by atoms with Gasteiger partial charge in [-0.2, -0.15) is 0 Å². The quantitative estimate of drug-likeness (QED) is 0.392. The first-order chi connectivity index (χ1) is 14.2. The van der Waals surface area contributed by atoms with Gasteiger partial charge in [-0.1, -0.05) is 42.5 Å². The standard InChI is InChI=1S/C24H15BO3S/c26-25(27)16-7-9-22-19(13-16)18-11-14(5-8-21(18)28-22)15-6-10-24-20(12-15)17-3-1-2-4-23(17)29-24/h1-13,26-27H. The van der Waals surface area contributed by atoms with Crippen LogP contribution in [0.2, 0.25) is 0 Å². The smallest absolute Gasteiger partial charge is 0.456 e. The van der Waals surface area contributed by atoms with E-state index in [9.17, 15) is 10.0 Å². The van der Waals surface area contributed by atoms with Gasteiger partial charge in [0.05, 0.1) is 0 Å². The number of hydrogen-bond acceptors (Lipinski definition) is 4. The normalized spacial score (nSPS) is 11.8. The Balaban J connectivity index is 1.57. The molecule has 6 rings (SSSR count). The second-order valence-electron chi connectivity index (χ2n) is 7.25. The van der Waals surface area contributed by atoms with Crippen molar-refractivity contribution in [2.45, 2.75) is 0 Å². The second kappa shape index (κ2) is 6.19. The van der Waals surface area contributed by atoms with E-state index in [-0.39, 0.29) is 0 Å². The number of rotatable bonds is 2. The summed E-state index contributed by atoms with van der Waals surface area (Å²) < 4.78 is 8.51. The first kappa shape index (κ1) is 16.8. The van der Waals surface area contributed by atoms with Crippen LogP contribution in [0.4, 0.5) is 0 Å². The lowest BCUT2D eigenvalue weighted by Gasteiger charge is -2.03. The van der Waals surface area contributed by atoms with Gasteiger partial charge in [-0.15, -0.1) is 11.3 Å². The highest BCUT2D eigenvalue weighted by Crippen LogP contribution is 2.37. The molecule has 6 aromatic rings. The van der Waals surface area contributed by atoms with E-state index in [0.717, 1.165) is 33.1 Å². The number of fused-ring (bicyclic) bond motifs is 6. The fourth-order valence-corrected chi connectivity index (χ4v) is 5.13. The second-order valence-corrected chi connectivity index (χ2v) is 8.34. The van der Waals surface area contributed by atoms with Crippen LogP contribution < -0.4 is 5.46 Å². The predicted octanol–water partition coefficient (Wildman–Crippen LogP) is 5.30. The molecule has 0 amide bonds. The van der Waals surface area contributed by atoms with Crippen molar-refractivity contribution < 1.29 is 14.5 Å². The van der Waals surface area contributed by atoms with Crippen LogP contribution in [0.5, 0.6) is 0 Å².